The van der Waals surface area contributed by atoms with Crippen molar-refractivity contribution in [1.82, 2.24) is 4.90 Å². The minimum Gasteiger partial charge on any atom is -0.485 e. The molecule has 0 aromatic heterocycles. The van der Waals surface area contributed by atoms with E-state index in [9.17, 15) is 14.3 Å². The predicted molar refractivity (Wildman–Crippen MR) is 98.2 cm³/mol. The number of aliphatic hydroxyl groups is 1. The van der Waals surface area contributed by atoms with Gasteiger partial charge in [0.15, 0.2) is 0 Å². The van der Waals surface area contributed by atoms with Crippen LogP contribution in [0.2, 0.25) is 0 Å². The van der Waals surface area contributed by atoms with Crippen LogP contribution in [0.25, 0.3) is 0 Å². The largest absolute Gasteiger partial charge is 0.485 e. The Kier molecular flexibility index (Phi) is 6.01. The lowest BCUT2D eigenvalue weighted by Crippen LogP contribution is -2.50. The molecular formula is C19H29FN2O4. The molecule has 0 unspecified atom stereocenters. The van der Waals surface area contributed by atoms with E-state index >= 15 is 0 Å². The third kappa shape index (κ3) is 5.49. The van der Waals surface area contributed by atoms with E-state index in [0.29, 0.717) is 37.6 Å². The van der Waals surface area contributed by atoms with Gasteiger partial charge in [-0.2, -0.15) is 0 Å². The Hall–Kier alpha value is -2.02. The number of piperazine rings is 1. The van der Waals surface area contributed by atoms with Crippen molar-refractivity contribution in [3.8, 4) is 5.75 Å². The van der Waals surface area contributed by atoms with Crippen LogP contribution in [-0.4, -0.2) is 60.1 Å². The molecule has 2 rings (SSSR count). The van der Waals surface area contributed by atoms with E-state index in [1.165, 1.54) is 6.07 Å². The summed E-state index contributed by atoms with van der Waals surface area (Å²) in [7, 11) is 0. The maximum atomic E-state index is 14.5. The van der Waals surface area contributed by atoms with Gasteiger partial charge in [0, 0.05) is 32.2 Å². The number of rotatable bonds is 4. The summed E-state index contributed by atoms with van der Waals surface area (Å²) in [5.41, 5.74) is -0.825. The van der Waals surface area contributed by atoms with Crippen LogP contribution in [0.1, 0.15) is 34.6 Å². The molecule has 1 saturated heterocycles. The SMILES string of the molecule is CC(C)(C)OC(=O)N1CCN(c2ccc(OC(C)(C)CO)cc2F)CC1. The number of amides is 1. The van der Waals surface area contributed by atoms with E-state index in [1.807, 2.05) is 25.7 Å². The maximum absolute atomic E-state index is 14.5. The number of halogens is 1. The van der Waals surface area contributed by atoms with Gasteiger partial charge in [0.05, 0.1) is 12.3 Å². The monoisotopic (exact) mass is 368 g/mol. The highest BCUT2D eigenvalue weighted by Gasteiger charge is 2.27. The number of nitrogens with zero attached hydrogens (tertiary/aromatic N) is 2. The molecule has 0 atom stereocenters. The van der Waals surface area contributed by atoms with Gasteiger partial charge in [0.25, 0.3) is 0 Å². The molecule has 1 aromatic carbocycles. The first-order valence-corrected chi connectivity index (χ1v) is 8.83. The molecule has 7 heteroatoms. The van der Waals surface area contributed by atoms with E-state index in [1.54, 1.807) is 30.9 Å². The summed E-state index contributed by atoms with van der Waals surface area (Å²) in [4.78, 5) is 15.6. The quantitative estimate of drug-likeness (QED) is 0.885. The summed E-state index contributed by atoms with van der Waals surface area (Å²) in [6, 6.07) is 4.68. The van der Waals surface area contributed by atoms with Gasteiger partial charge in [-0.1, -0.05) is 0 Å². The first-order valence-electron chi connectivity index (χ1n) is 8.83. The molecule has 26 heavy (non-hydrogen) atoms. The number of carbonyl (C=O) groups excluding carboxylic acids is 1. The van der Waals surface area contributed by atoms with Gasteiger partial charge in [0.1, 0.15) is 22.8 Å². The fraction of sp³-hybridized carbons (Fsp3) is 0.632. The van der Waals surface area contributed by atoms with Crippen molar-refractivity contribution in [3.05, 3.63) is 24.0 Å². The van der Waals surface area contributed by atoms with Crippen LogP contribution >= 0.6 is 0 Å². The summed E-state index contributed by atoms with van der Waals surface area (Å²) >= 11 is 0. The Morgan fingerprint density at radius 2 is 1.77 bits per heavy atom. The second-order valence-corrected chi connectivity index (χ2v) is 8.09. The van der Waals surface area contributed by atoms with E-state index in [0.717, 1.165) is 0 Å². The zero-order chi connectivity index (χ0) is 19.5. The fourth-order valence-electron chi connectivity index (χ4n) is 2.62. The molecule has 1 aliphatic rings. The van der Waals surface area contributed by atoms with Gasteiger partial charge in [-0.25, -0.2) is 9.18 Å². The molecule has 0 aliphatic carbocycles. The molecule has 0 bridgehead atoms. The molecule has 146 valence electrons. The second-order valence-electron chi connectivity index (χ2n) is 8.09. The number of aliphatic hydroxyl groups excluding tert-OH is 1. The van der Waals surface area contributed by atoms with E-state index in [-0.39, 0.29) is 18.5 Å². The standard InChI is InChI=1S/C19H29FN2O4/c1-18(2,3)26-17(24)22-10-8-21(9-11-22)16-7-6-14(12-15(16)20)25-19(4,5)13-23/h6-7,12,23H,8-11,13H2,1-5H3. The van der Waals surface area contributed by atoms with Gasteiger partial charge in [-0.15, -0.1) is 0 Å². The van der Waals surface area contributed by atoms with Gasteiger partial charge < -0.3 is 24.4 Å². The van der Waals surface area contributed by atoms with Crippen molar-refractivity contribution in [2.45, 2.75) is 45.8 Å². The zero-order valence-electron chi connectivity index (χ0n) is 16.2. The van der Waals surface area contributed by atoms with Crippen LogP contribution in [0.5, 0.6) is 5.75 Å². The Morgan fingerprint density at radius 1 is 1.15 bits per heavy atom. The maximum Gasteiger partial charge on any atom is 0.410 e. The van der Waals surface area contributed by atoms with Crippen LogP contribution in [0, 0.1) is 5.82 Å². The van der Waals surface area contributed by atoms with Gasteiger partial charge in [0.2, 0.25) is 0 Å². The zero-order valence-corrected chi connectivity index (χ0v) is 16.2. The minimum atomic E-state index is -0.771. The number of carbonyl (C=O) groups is 1. The van der Waals surface area contributed by atoms with E-state index in [4.69, 9.17) is 9.47 Å². The third-order valence-corrected chi connectivity index (χ3v) is 3.97. The highest BCUT2D eigenvalue weighted by atomic mass is 19.1. The van der Waals surface area contributed by atoms with Crippen LogP contribution < -0.4 is 9.64 Å². The van der Waals surface area contributed by atoms with Crippen molar-refractivity contribution in [2.24, 2.45) is 0 Å². The molecule has 1 N–H and O–H groups in total. The third-order valence-electron chi connectivity index (χ3n) is 3.97. The molecule has 1 aliphatic heterocycles. The van der Waals surface area contributed by atoms with Crippen LogP contribution in [0.4, 0.5) is 14.9 Å². The first-order chi connectivity index (χ1) is 12.0. The predicted octanol–water partition coefficient (Wildman–Crippen LogP) is 3.03. The Balaban J connectivity index is 1.98. The van der Waals surface area contributed by atoms with Crippen LogP contribution in [0.15, 0.2) is 18.2 Å². The second kappa shape index (κ2) is 7.70. The van der Waals surface area contributed by atoms with Crippen LogP contribution in [-0.2, 0) is 4.74 Å². The van der Waals surface area contributed by atoms with E-state index < -0.39 is 11.2 Å². The molecular weight excluding hydrogens is 339 g/mol. The van der Waals surface area contributed by atoms with Gasteiger partial charge in [-0.3, -0.25) is 0 Å². The first kappa shape index (κ1) is 20.3. The number of anilines is 1. The molecule has 6 nitrogen and oxygen atoms in total. The summed E-state index contributed by atoms with van der Waals surface area (Å²) in [5, 5.41) is 9.25. The van der Waals surface area contributed by atoms with Crippen molar-refractivity contribution >= 4 is 11.8 Å². The Morgan fingerprint density at radius 3 is 2.27 bits per heavy atom. The normalized spacial score (nSPS) is 15.8. The van der Waals surface area contributed by atoms with E-state index in [2.05, 4.69) is 0 Å². The Labute approximate surface area is 154 Å². The molecule has 1 fully saturated rings. The molecule has 1 amide bonds. The number of hydrogen-bond acceptors (Lipinski definition) is 5. The summed E-state index contributed by atoms with van der Waals surface area (Å²) in [6.07, 6.45) is -0.340. The number of benzene rings is 1. The summed E-state index contributed by atoms with van der Waals surface area (Å²) < 4.78 is 25.5. The lowest BCUT2D eigenvalue weighted by atomic mass is 10.1. The molecule has 0 spiro atoms. The van der Waals surface area contributed by atoms with Crippen molar-refractivity contribution in [2.75, 3.05) is 37.7 Å². The average Bonchev–Trinajstić information content (AvgIpc) is 2.53. The highest BCUT2D eigenvalue weighted by molar-refractivity contribution is 5.68. The topological polar surface area (TPSA) is 62.2 Å². The van der Waals surface area contributed by atoms with Crippen molar-refractivity contribution in [1.29, 1.82) is 0 Å². The summed E-state index contributed by atoms with van der Waals surface area (Å²) in [6.45, 7) is 10.8. The lowest BCUT2D eigenvalue weighted by Gasteiger charge is -2.37. The lowest BCUT2D eigenvalue weighted by molar-refractivity contribution is 0.0240. The molecule has 0 saturated carbocycles. The average molecular weight is 368 g/mol. The van der Waals surface area contributed by atoms with Crippen molar-refractivity contribution in [3.63, 3.8) is 0 Å². The molecule has 1 heterocycles. The Bertz CT molecular complexity index is 635. The number of hydrogen-bond donors (Lipinski definition) is 1. The number of ether oxygens (including phenoxy) is 2. The smallest absolute Gasteiger partial charge is 0.410 e. The molecule has 1 aromatic rings. The molecule has 0 radical (unpaired) electrons. The van der Waals surface area contributed by atoms with Crippen molar-refractivity contribution < 1.29 is 23.8 Å². The van der Waals surface area contributed by atoms with Gasteiger partial charge >= 0.3 is 6.09 Å². The fourth-order valence-corrected chi connectivity index (χ4v) is 2.62. The summed E-state index contributed by atoms with van der Waals surface area (Å²) in [5.74, 6) is -0.0142. The van der Waals surface area contributed by atoms with Crippen LogP contribution in [0.3, 0.4) is 0 Å². The van der Waals surface area contributed by atoms with Gasteiger partial charge in [-0.05, 0) is 46.8 Å². The highest BCUT2D eigenvalue weighted by Crippen LogP contribution is 2.27. The minimum absolute atomic E-state index is 0.164.